The van der Waals surface area contributed by atoms with Crippen LogP contribution in [-0.2, 0) is 24.4 Å². The molecule has 0 spiro atoms. The van der Waals surface area contributed by atoms with E-state index in [2.05, 4.69) is 39.5 Å². The molecular formula is C25H27N6O2S-. The van der Waals surface area contributed by atoms with Gasteiger partial charge in [0.15, 0.2) is 0 Å². The number of aromatic nitrogens is 3. The Morgan fingerprint density at radius 2 is 1.82 bits per heavy atom. The second-order valence-electron chi connectivity index (χ2n) is 8.60. The smallest absolute Gasteiger partial charge is 0.245 e. The highest BCUT2D eigenvalue weighted by molar-refractivity contribution is 7.76. The van der Waals surface area contributed by atoms with Gasteiger partial charge in [0.05, 0.1) is 17.4 Å². The molecule has 9 heteroatoms. The first kappa shape index (κ1) is 22.7. The Kier molecular flexibility index (Phi) is 6.68. The van der Waals surface area contributed by atoms with Gasteiger partial charge >= 0.3 is 0 Å². The number of nitrogens with one attached hydrogen (secondary N) is 1. The van der Waals surface area contributed by atoms with E-state index in [1.807, 2.05) is 40.9 Å². The summed E-state index contributed by atoms with van der Waals surface area (Å²) in [7, 11) is 1.55. The molecule has 0 amide bonds. The van der Waals surface area contributed by atoms with Crippen LogP contribution in [0.2, 0.25) is 0 Å². The summed E-state index contributed by atoms with van der Waals surface area (Å²) in [6, 6.07) is 20.1. The summed E-state index contributed by atoms with van der Waals surface area (Å²) in [4.78, 5) is 6.95. The lowest BCUT2D eigenvalue weighted by molar-refractivity contribution is 0.331. The third kappa shape index (κ3) is 5.02. The van der Waals surface area contributed by atoms with Crippen molar-refractivity contribution in [2.75, 3.05) is 25.5 Å². The van der Waals surface area contributed by atoms with Gasteiger partial charge in [-0.1, -0.05) is 36.4 Å². The van der Waals surface area contributed by atoms with Crippen LogP contribution in [0.15, 0.2) is 66.9 Å². The molecule has 1 N–H and O–H groups in total. The molecule has 3 heterocycles. The largest absolute Gasteiger partial charge is 0.760 e. The highest BCUT2D eigenvalue weighted by Crippen LogP contribution is 2.27. The van der Waals surface area contributed by atoms with Crippen LogP contribution in [0.5, 0.6) is 0 Å². The first-order chi connectivity index (χ1) is 16.6. The number of hydrogen-bond acceptors (Lipinski definition) is 6. The second-order valence-corrected chi connectivity index (χ2v) is 9.66. The Morgan fingerprint density at radius 3 is 2.59 bits per heavy atom. The molecule has 1 atom stereocenters. The molecule has 1 aliphatic rings. The summed E-state index contributed by atoms with van der Waals surface area (Å²) in [5.41, 5.74) is 5.79. The molecule has 1 saturated heterocycles. The number of likely N-dealkylation sites (tertiary alicyclic amines) is 1. The molecule has 2 aromatic carbocycles. The molecule has 1 fully saturated rings. The lowest BCUT2D eigenvalue weighted by atomic mass is 10.0. The Morgan fingerprint density at radius 1 is 1.06 bits per heavy atom. The molecule has 1 aliphatic heterocycles. The van der Waals surface area contributed by atoms with Crippen molar-refractivity contribution in [3.63, 3.8) is 0 Å². The van der Waals surface area contributed by atoms with Gasteiger partial charge in [0.2, 0.25) is 5.95 Å². The van der Waals surface area contributed by atoms with Crippen molar-refractivity contribution in [2.24, 2.45) is 0 Å². The van der Waals surface area contributed by atoms with Gasteiger partial charge in [0.25, 0.3) is 0 Å². The summed E-state index contributed by atoms with van der Waals surface area (Å²) >= 11 is -2.28. The van der Waals surface area contributed by atoms with Gasteiger partial charge in [-0.15, -0.1) is 5.10 Å². The number of rotatable bonds is 8. The van der Waals surface area contributed by atoms with Gasteiger partial charge in [0.1, 0.15) is 0 Å². The zero-order valence-electron chi connectivity index (χ0n) is 19.1. The predicted molar refractivity (Wildman–Crippen MR) is 133 cm³/mol. The van der Waals surface area contributed by atoms with Crippen LogP contribution in [0, 0.1) is 0 Å². The van der Waals surface area contributed by atoms with E-state index in [0.717, 1.165) is 34.6 Å². The highest BCUT2D eigenvalue weighted by Gasteiger charge is 2.14. The quantitative estimate of drug-likeness (QED) is 0.388. The Bertz CT molecular complexity index is 1300. The molecule has 4 aromatic rings. The van der Waals surface area contributed by atoms with Gasteiger partial charge in [-0.05, 0) is 68.4 Å². The van der Waals surface area contributed by atoms with Gasteiger partial charge in [0, 0.05) is 35.6 Å². The van der Waals surface area contributed by atoms with Crippen LogP contribution in [0.25, 0.3) is 16.8 Å². The maximum absolute atomic E-state index is 11.3. The summed E-state index contributed by atoms with van der Waals surface area (Å²) in [6.45, 7) is 3.63. The fourth-order valence-electron chi connectivity index (χ4n) is 4.39. The fraction of sp³-hybridized carbons (Fsp3) is 0.280. The predicted octanol–water partition coefficient (Wildman–Crippen LogP) is 3.96. The van der Waals surface area contributed by atoms with E-state index in [9.17, 15) is 8.76 Å². The number of nitrogens with zero attached hydrogens (tertiary/aromatic N) is 5. The fourth-order valence-corrected chi connectivity index (χ4v) is 4.63. The number of hydrogen-bond donors (Lipinski definition) is 1. The van der Waals surface area contributed by atoms with Gasteiger partial charge in [-0.25, -0.2) is 13.8 Å². The van der Waals surface area contributed by atoms with Crippen molar-refractivity contribution < 1.29 is 8.76 Å². The minimum Gasteiger partial charge on any atom is -0.760 e. The molecule has 5 rings (SSSR count). The maximum Gasteiger partial charge on any atom is 0.245 e. The molecule has 0 saturated carbocycles. The lowest BCUT2D eigenvalue weighted by Crippen LogP contribution is -2.20. The minimum atomic E-state index is -2.28. The van der Waals surface area contributed by atoms with E-state index in [1.54, 1.807) is 13.2 Å². The minimum absolute atomic E-state index is 0.277. The standard InChI is InChI=1S/C25H28N6O2S/c1-29(34(32)33)18-20-6-2-3-7-23(20)24-13-12-22-16-26-25(28-31(22)24)27-21-10-8-19(9-11-21)17-30-14-4-5-15-30/h2-3,6-13,16H,4-5,14-15,17-18H2,1H3,(H,27,28)(H,32,33)/p-1. The number of anilines is 2. The van der Waals surface area contributed by atoms with Crippen molar-refractivity contribution >= 4 is 28.4 Å². The van der Waals surface area contributed by atoms with E-state index in [-0.39, 0.29) is 6.54 Å². The second kappa shape index (κ2) is 10.0. The SMILES string of the molecule is CN(Cc1ccccc1-c1ccc2cnc(Nc3ccc(CN4CCCC4)cc3)nn12)S(=O)[O-]. The molecule has 2 aromatic heterocycles. The summed E-state index contributed by atoms with van der Waals surface area (Å²) in [6.07, 6.45) is 4.36. The average Bonchev–Trinajstić information content (AvgIpc) is 3.50. The topological polar surface area (TPSA) is 88.8 Å². The summed E-state index contributed by atoms with van der Waals surface area (Å²) in [5.74, 6) is 0.493. The van der Waals surface area contributed by atoms with Gasteiger partial charge in [-0.2, -0.15) is 0 Å². The summed E-state index contributed by atoms with van der Waals surface area (Å²) < 4.78 is 25.8. The van der Waals surface area contributed by atoms with Crippen molar-refractivity contribution in [3.05, 3.63) is 78.0 Å². The van der Waals surface area contributed by atoms with Crippen LogP contribution >= 0.6 is 0 Å². The Labute approximate surface area is 201 Å². The molecule has 0 aliphatic carbocycles. The van der Waals surface area contributed by atoms with E-state index < -0.39 is 11.3 Å². The number of fused-ring (bicyclic) bond motifs is 1. The maximum atomic E-state index is 11.3. The van der Waals surface area contributed by atoms with Crippen molar-refractivity contribution in [3.8, 4) is 11.3 Å². The van der Waals surface area contributed by atoms with Gasteiger partial charge in [-0.3, -0.25) is 9.11 Å². The highest BCUT2D eigenvalue weighted by atomic mass is 32.2. The van der Waals surface area contributed by atoms with E-state index in [1.165, 1.54) is 35.8 Å². The van der Waals surface area contributed by atoms with Crippen LogP contribution in [0.3, 0.4) is 0 Å². The lowest BCUT2D eigenvalue weighted by Gasteiger charge is -2.20. The van der Waals surface area contributed by atoms with Gasteiger partial charge < -0.3 is 9.87 Å². The molecule has 0 bridgehead atoms. The van der Waals surface area contributed by atoms with Crippen LogP contribution in [-0.4, -0.2) is 52.7 Å². The summed E-state index contributed by atoms with van der Waals surface area (Å²) in [5, 5.41) is 8.02. The molecular weight excluding hydrogens is 448 g/mol. The third-order valence-electron chi connectivity index (χ3n) is 6.15. The third-order valence-corrected chi connectivity index (χ3v) is 6.79. The van der Waals surface area contributed by atoms with Crippen LogP contribution in [0.1, 0.15) is 24.0 Å². The zero-order valence-corrected chi connectivity index (χ0v) is 19.9. The monoisotopic (exact) mass is 475 g/mol. The Hall–Kier alpha value is -3.11. The van der Waals surface area contributed by atoms with Crippen LogP contribution in [0.4, 0.5) is 11.6 Å². The van der Waals surface area contributed by atoms with E-state index >= 15 is 0 Å². The number of benzene rings is 2. The van der Waals surface area contributed by atoms with E-state index in [4.69, 9.17) is 5.10 Å². The van der Waals surface area contributed by atoms with Crippen molar-refractivity contribution in [2.45, 2.75) is 25.9 Å². The molecule has 8 nitrogen and oxygen atoms in total. The average molecular weight is 476 g/mol. The molecule has 0 radical (unpaired) electrons. The molecule has 1 unspecified atom stereocenters. The van der Waals surface area contributed by atoms with Crippen LogP contribution < -0.4 is 5.32 Å². The molecule has 176 valence electrons. The normalized spacial score (nSPS) is 15.3. The zero-order chi connectivity index (χ0) is 23.5. The van der Waals surface area contributed by atoms with Crippen molar-refractivity contribution in [1.82, 2.24) is 23.8 Å². The van der Waals surface area contributed by atoms with E-state index in [0.29, 0.717) is 5.95 Å². The first-order valence-corrected chi connectivity index (χ1v) is 12.4. The first-order valence-electron chi connectivity index (χ1n) is 11.4. The molecule has 34 heavy (non-hydrogen) atoms. The Balaban J connectivity index is 1.38. The van der Waals surface area contributed by atoms with Crippen molar-refractivity contribution in [1.29, 1.82) is 0 Å².